The molecule has 1 N–H and O–H groups in total. The molecule has 0 aliphatic carbocycles. The van der Waals surface area contributed by atoms with Crippen LogP contribution in [-0.2, 0) is 56.7 Å². The van der Waals surface area contributed by atoms with Crippen LogP contribution in [0, 0.1) is 0 Å². The topological polar surface area (TPSA) is 170 Å². The van der Waals surface area contributed by atoms with Gasteiger partial charge in [-0.05, 0) is 87.3 Å². The molecule has 26 heteroatoms. The van der Waals surface area contributed by atoms with E-state index in [1.54, 1.807) is 40.7 Å². The van der Waals surface area contributed by atoms with Crippen molar-refractivity contribution in [1.82, 2.24) is 28.2 Å². The number of amides is 2. The molecule has 2 amide bonds. The van der Waals surface area contributed by atoms with Crippen LogP contribution in [0.1, 0.15) is 36.8 Å². The lowest BCUT2D eigenvalue weighted by atomic mass is 9.92. The minimum atomic E-state index is -3.65. The van der Waals surface area contributed by atoms with Gasteiger partial charge in [-0.25, -0.2) is 16.8 Å². The Kier molecular flexibility index (Phi) is 22.6. The van der Waals surface area contributed by atoms with Crippen molar-refractivity contribution in [2.24, 2.45) is 0 Å². The van der Waals surface area contributed by atoms with Gasteiger partial charge in [-0.3, -0.25) is 19.4 Å². The van der Waals surface area contributed by atoms with E-state index in [0.717, 1.165) is 63.0 Å². The van der Waals surface area contributed by atoms with Crippen molar-refractivity contribution in [1.29, 1.82) is 0 Å². The van der Waals surface area contributed by atoms with E-state index in [4.69, 9.17) is 60.6 Å². The molecule has 16 nitrogen and oxygen atoms in total. The summed E-state index contributed by atoms with van der Waals surface area (Å²) in [5.74, 6) is -0.521. The Balaban J connectivity index is 0.000000211. The number of fused-ring (bicyclic) bond motifs is 2. The zero-order valence-corrected chi connectivity index (χ0v) is 47.7. The normalized spacial score (nSPS) is 26.0. The van der Waals surface area contributed by atoms with Gasteiger partial charge < -0.3 is 29.1 Å². The number of halogens is 7. The van der Waals surface area contributed by atoms with E-state index in [9.17, 15) is 31.5 Å². The first kappa shape index (κ1) is 57.9. The van der Waals surface area contributed by atoms with Crippen LogP contribution in [0.3, 0.4) is 0 Å². The second kappa shape index (κ2) is 26.9. The third kappa shape index (κ3) is 15.2. The van der Waals surface area contributed by atoms with E-state index < -0.39 is 38.7 Å². The zero-order valence-electron chi connectivity index (χ0n) is 38.3. The minimum Gasteiger partial charge on any atom is -0.395 e. The summed E-state index contributed by atoms with van der Waals surface area (Å²) in [6.45, 7) is 5.93. The van der Waals surface area contributed by atoms with Gasteiger partial charge in [0.15, 0.2) is 0 Å². The third-order valence-corrected chi connectivity index (χ3v) is 18.7. The molecule has 0 spiro atoms. The summed E-state index contributed by atoms with van der Waals surface area (Å²) in [6, 6.07) is 8.80. The molecule has 386 valence electrons. The molecule has 2 aromatic rings. The maximum absolute atomic E-state index is 13.5. The van der Waals surface area contributed by atoms with E-state index in [1.165, 1.54) is 11.4 Å². The molecule has 0 radical (unpaired) electrons. The van der Waals surface area contributed by atoms with Crippen LogP contribution < -0.4 is 0 Å². The van der Waals surface area contributed by atoms with E-state index in [2.05, 4.69) is 57.1 Å². The number of hydrogen-bond donors (Lipinski definition) is 1. The van der Waals surface area contributed by atoms with Crippen LogP contribution in [0.25, 0.3) is 0 Å². The molecule has 6 saturated heterocycles. The molecule has 6 heterocycles. The maximum Gasteiger partial charge on any atom is 0.369 e. The van der Waals surface area contributed by atoms with Crippen molar-refractivity contribution >= 4 is 129 Å². The second-order valence-electron chi connectivity index (χ2n) is 17.7. The lowest BCUT2D eigenvalue weighted by molar-refractivity contribution is -0.147. The molecule has 6 fully saturated rings. The van der Waals surface area contributed by atoms with Gasteiger partial charge >= 0.3 is 3.18 Å². The summed E-state index contributed by atoms with van der Waals surface area (Å²) >= 11 is 33.6. The molecule has 0 aromatic heterocycles. The molecule has 6 atom stereocenters. The number of methoxy groups -OCH3 is 1. The van der Waals surface area contributed by atoms with E-state index in [-0.39, 0.29) is 96.4 Å². The highest BCUT2D eigenvalue weighted by Crippen LogP contribution is 2.34. The smallest absolute Gasteiger partial charge is 0.369 e. The Morgan fingerprint density at radius 1 is 0.623 bits per heavy atom. The van der Waals surface area contributed by atoms with Gasteiger partial charge in [0, 0.05) is 33.3 Å². The number of aliphatic hydroxyl groups excluding tert-OH is 1. The van der Waals surface area contributed by atoms with Crippen LogP contribution >= 0.6 is 93.7 Å². The van der Waals surface area contributed by atoms with Crippen LogP contribution in [0.4, 0.5) is 0 Å². The standard InChI is InChI=1S/C22H31Cl2N3O5S.C21H29Cl2N3O5S.BBr3/c1-31-10-11-33(29,30)27-9-8-26(21(28)13-16-4-5-17(23)18(24)12-16)22-19(14-32-15-20(22)27)25-6-2-3-7-25;22-16-4-3-15(11-17(16)23)12-20(28)25-7-8-26(32(29,30)10-9-27)19-14-31-13-18(21(19)25)24-5-1-2-6-24;2-1(3)4/h4-5,12,19-20,22H,2-3,6-11,13-15H2,1H3;3-4,11,18-19,21,27H,1-2,5-10,12-14H2;/t19-,20+,22+;18-,19+,21+;/m00./s1. The van der Waals surface area contributed by atoms with E-state index in [1.807, 2.05) is 9.80 Å². The van der Waals surface area contributed by atoms with E-state index >= 15 is 0 Å². The van der Waals surface area contributed by atoms with Gasteiger partial charge in [-0.15, -0.1) is 47.3 Å². The number of likely N-dealkylation sites (tertiary alicyclic amines) is 2. The SMILES string of the molecule is BrB(Br)Br.COCCS(=O)(=O)N1CCN(C(=O)Cc2ccc(Cl)c(Cl)c2)[C@H]2[C@H]1COC[C@@H]2N1CCCC1.O=C(Cc1ccc(Cl)c(Cl)c1)N1CCN(S(=O)(=O)CCO)[C@@H]2COC[C@H](N3CCCC3)[C@H]21. The Bertz CT molecular complexity index is 2280. The number of nitrogens with zero attached hydrogens (tertiary/aromatic N) is 6. The summed E-state index contributed by atoms with van der Waals surface area (Å²) in [5, 5.41) is 11.0. The fraction of sp³-hybridized carbons (Fsp3) is 0.674. The van der Waals surface area contributed by atoms with E-state index in [0.29, 0.717) is 46.4 Å². The van der Waals surface area contributed by atoms with Crippen molar-refractivity contribution in [3.63, 3.8) is 0 Å². The summed E-state index contributed by atoms with van der Waals surface area (Å²) < 4.78 is 72.0. The number of carbonyl (C=O) groups is 2. The summed E-state index contributed by atoms with van der Waals surface area (Å²) in [6.07, 6.45) is 4.71. The predicted molar refractivity (Wildman–Crippen MR) is 282 cm³/mol. The van der Waals surface area contributed by atoms with Crippen LogP contribution in [0.5, 0.6) is 0 Å². The Morgan fingerprint density at radius 2 is 1.00 bits per heavy atom. The zero-order chi connectivity index (χ0) is 50.0. The number of ether oxygens (including phenoxy) is 3. The number of benzene rings is 2. The number of carbonyl (C=O) groups excluding carboxylic acids is 2. The molecule has 2 aromatic carbocycles. The van der Waals surface area contributed by atoms with Crippen LogP contribution in [-0.4, -0.2) is 212 Å². The average Bonchev–Trinajstić information content (AvgIpc) is 4.06. The van der Waals surface area contributed by atoms with Gasteiger partial charge in [0.2, 0.25) is 31.9 Å². The van der Waals surface area contributed by atoms with Gasteiger partial charge in [0.05, 0.1) is 120 Å². The predicted octanol–water partition coefficient (Wildman–Crippen LogP) is 5.28. The maximum atomic E-state index is 13.5. The largest absolute Gasteiger partial charge is 0.395 e. The Labute approximate surface area is 451 Å². The monoisotopic (exact) mass is 1270 g/mol. The average molecular weight is 1280 g/mol. The van der Waals surface area contributed by atoms with Gasteiger partial charge in [-0.1, -0.05) is 58.5 Å². The minimum absolute atomic E-state index is 0.0376. The molecular formula is C43H60BBr3Cl4N6O10S2. The molecule has 8 rings (SSSR count). The van der Waals surface area contributed by atoms with Gasteiger partial charge in [0.1, 0.15) is 0 Å². The number of piperazine rings is 2. The Hall–Kier alpha value is -0.375. The molecule has 0 bridgehead atoms. The molecule has 6 aliphatic rings. The lowest BCUT2D eigenvalue weighted by Gasteiger charge is -2.53. The molecule has 0 unspecified atom stereocenters. The highest BCUT2D eigenvalue weighted by molar-refractivity contribution is 9.69. The summed E-state index contributed by atoms with van der Waals surface area (Å²) in [4.78, 5) is 35.3. The summed E-state index contributed by atoms with van der Waals surface area (Å²) in [5.41, 5.74) is 1.55. The fourth-order valence-electron chi connectivity index (χ4n) is 10.4. The van der Waals surface area contributed by atoms with Crippen molar-refractivity contribution in [3.8, 4) is 0 Å². The highest BCUT2D eigenvalue weighted by Gasteiger charge is 2.52. The van der Waals surface area contributed by atoms with Crippen molar-refractivity contribution in [2.45, 2.75) is 74.8 Å². The van der Waals surface area contributed by atoms with Crippen molar-refractivity contribution in [2.75, 3.05) is 111 Å². The molecule has 0 saturated carbocycles. The summed E-state index contributed by atoms with van der Waals surface area (Å²) in [7, 11) is -5.70. The number of hydrogen-bond acceptors (Lipinski definition) is 12. The fourth-order valence-corrected chi connectivity index (χ4v) is 14.0. The molecule has 6 aliphatic heterocycles. The van der Waals surface area contributed by atoms with Gasteiger partial charge in [-0.2, -0.15) is 8.61 Å². The third-order valence-electron chi connectivity index (χ3n) is 13.5. The van der Waals surface area contributed by atoms with Gasteiger partial charge in [0.25, 0.3) is 0 Å². The molecular weight excluding hydrogens is 1220 g/mol. The first-order chi connectivity index (χ1) is 32.9. The Morgan fingerprint density at radius 3 is 1.36 bits per heavy atom. The highest BCUT2D eigenvalue weighted by atomic mass is 79.9. The van der Waals surface area contributed by atoms with Crippen LogP contribution in [0.2, 0.25) is 20.1 Å². The number of sulfonamides is 2. The first-order valence-electron chi connectivity index (χ1n) is 23.0. The lowest BCUT2D eigenvalue weighted by Crippen LogP contribution is -2.72. The second-order valence-corrected chi connectivity index (χ2v) is 29.8. The van der Waals surface area contributed by atoms with Crippen molar-refractivity contribution in [3.05, 3.63) is 67.6 Å². The quantitative estimate of drug-likeness (QED) is 0.258. The number of rotatable bonds is 13. The first-order valence-corrected chi connectivity index (χ1v) is 30.5. The molecule has 69 heavy (non-hydrogen) atoms. The van der Waals surface area contributed by atoms with Crippen LogP contribution in [0.15, 0.2) is 36.4 Å². The number of aliphatic hydroxyl groups is 1. The van der Waals surface area contributed by atoms with Crippen molar-refractivity contribution < 1.29 is 45.7 Å².